The Hall–Kier alpha value is -3.36. The number of pyridine rings is 1. The van der Waals surface area contributed by atoms with Crippen molar-refractivity contribution in [2.24, 2.45) is 0 Å². The number of hydrogen-bond donors (Lipinski definition) is 1. The number of carbonyl (C=O) groups excluding carboxylic acids is 3. The number of aromatic amines is 1. The molecular formula is C28H38N2O7. The molecule has 1 saturated carbocycles. The molecule has 0 bridgehead atoms. The molecule has 1 fully saturated rings. The summed E-state index contributed by atoms with van der Waals surface area (Å²) >= 11 is 0. The van der Waals surface area contributed by atoms with Crippen LogP contribution >= 0.6 is 0 Å². The van der Waals surface area contributed by atoms with Crippen LogP contribution in [0.4, 0.5) is 0 Å². The van der Waals surface area contributed by atoms with Crippen molar-refractivity contribution in [2.45, 2.75) is 83.8 Å². The van der Waals surface area contributed by atoms with Crippen LogP contribution in [0.2, 0.25) is 0 Å². The van der Waals surface area contributed by atoms with E-state index in [1.165, 1.54) is 19.9 Å². The normalized spacial score (nSPS) is 15.0. The molecule has 202 valence electrons. The van der Waals surface area contributed by atoms with Gasteiger partial charge in [0.25, 0.3) is 0 Å². The molecule has 0 aliphatic heterocycles. The SMILES string of the molecule is CC(=O)OCC(CN(C(=O)CCCCOc1ccc2[nH]c(=O)ccc2c1)C1CCCCCC1)OC(C)=O. The summed E-state index contributed by atoms with van der Waals surface area (Å²) in [7, 11) is 0. The van der Waals surface area contributed by atoms with Gasteiger partial charge in [0.2, 0.25) is 11.5 Å². The van der Waals surface area contributed by atoms with Crippen molar-refractivity contribution in [1.29, 1.82) is 0 Å². The number of fused-ring (bicyclic) bond motifs is 1. The highest BCUT2D eigenvalue weighted by molar-refractivity contribution is 5.79. The number of benzene rings is 1. The number of nitrogens with zero attached hydrogens (tertiary/aromatic N) is 1. The number of ether oxygens (including phenoxy) is 3. The van der Waals surface area contributed by atoms with E-state index in [2.05, 4.69) is 4.98 Å². The highest BCUT2D eigenvalue weighted by Crippen LogP contribution is 2.24. The molecule has 37 heavy (non-hydrogen) atoms. The monoisotopic (exact) mass is 514 g/mol. The molecule has 1 amide bonds. The summed E-state index contributed by atoms with van der Waals surface area (Å²) in [6.45, 7) is 3.23. The van der Waals surface area contributed by atoms with E-state index in [0.717, 1.165) is 49.4 Å². The van der Waals surface area contributed by atoms with E-state index in [9.17, 15) is 19.2 Å². The molecule has 1 aromatic heterocycles. The minimum Gasteiger partial charge on any atom is -0.494 e. The summed E-state index contributed by atoms with van der Waals surface area (Å²) < 4.78 is 16.3. The molecule has 9 heteroatoms. The number of aromatic nitrogens is 1. The van der Waals surface area contributed by atoms with Gasteiger partial charge in [0, 0.05) is 43.3 Å². The molecule has 1 N–H and O–H groups in total. The van der Waals surface area contributed by atoms with Gasteiger partial charge < -0.3 is 24.1 Å². The van der Waals surface area contributed by atoms with E-state index in [1.807, 2.05) is 23.1 Å². The number of unbranched alkanes of at least 4 members (excludes halogenated alkanes) is 1. The van der Waals surface area contributed by atoms with Crippen LogP contribution in [0.3, 0.4) is 0 Å². The average molecular weight is 515 g/mol. The van der Waals surface area contributed by atoms with Gasteiger partial charge >= 0.3 is 11.9 Å². The third kappa shape index (κ3) is 9.55. The van der Waals surface area contributed by atoms with Crippen LogP contribution in [0.15, 0.2) is 35.1 Å². The lowest BCUT2D eigenvalue weighted by Gasteiger charge is -2.34. The van der Waals surface area contributed by atoms with Crippen LogP contribution in [0.5, 0.6) is 5.75 Å². The fourth-order valence-corrected chi connectivity index (χ4v) is 4.75. The third-order valence-electron chi connectivity index (χ3n) is 6.54. The van der Waals surface area contributed by atoms with Crippen LogP contribution in [0.1, 0.15) is 71.6 Å². The van der Waals surface area contributed by atoms with E-state index in [4.69, 9.17) is 14.2 Å². The Balaban J connectivity index is 1.55. The molecule has 0 spiro atoms. The third-order valence-corrected chi connectivity index (χ3v) is 6.54. The van der Waals surface area contributed by atoms with Crippen molar-refractivity contribution in [3.63, 3.8) is 0 Å². The number of hydrogen-bond acceptors (Lipinski definition) is 7. The van der Waals surface area contributed by atoms with Gasteiger partial charge in [0.05, 0.1) is 13.2 Å². The Morgan fingerprint density at radius 3 is 2.46 bits per heavy atom. The summed E-state index contributed by atoms with van der Waals surface area (Å²) in [5, 5.41) is 0.891. The Morgan fingerprint density at radius 1 is 1.00 bits per heavy atom. The van der Waals surface area contributed by atoms with Crippen molar-refractivity contribution in [2.75, 3.05) is 19.8 Å². The van der Waals surface area contributed by atoms with Gasteiger partial charge in [0.15, 0.2) is 6.10 Å². The Morgan fingerprint density at radius 2 is 1.76 bits per heavy atom. The second-order valence-corrected chi connectivity index (χ2v) is 9.60. The Bertz CT molecular complexity index is 1110. The number of nitrogens with one attached hydrogen (secondary N) is 1. The van der Waals surface area contributed by atoms with E-state index >= 15 is 0 Å². The molecule has 1 atom stereocenters. The van der Waals surface area contributed by atoms with Gasteiger partial charge in [-0.15, -0.1) is 0 Å². The summed E-state index contributed by atoms with van der Waals surface area (Å²) in [6.07, 6.45) is 7.29. The second-order valence-electron chi connectivity index (χ2n) is 9.60. The van der Waals surface area contributed by atoms with Gasteiger partial charge in [-0.2, -0.15) is 0 Å². The lowest BCUT2D eigenvalue weighted by Crippen LogP contribution is -2.46. The quantitative estimate of drug-likeness (QED) is 0.257. The van der Waals surface area contributed by atoms with Gasteiger partial charge in [0.1, 0.15) is 12.4 Å². The van der Waals surface area contributed by atoms with Crippen molar-refractivity contribution in [3.05, 3.63) is 40.7 Å². The van der Waals surface area contributed by atoms with Crippen LogP contribution in [-0.4, -0.2) is 59.6 Å². The first kappa shape index (κ1) is 28.2. The minimum atomic E-state index is -0.695. The average Bonchev–Trinajstić information content (AvgIpc) is 3.14. The first-order valence-corrected chi connectivity index (χ1v) is 13.2. The van der Waals surface area contributed by atoms with Crippen molar-refractivity contribution in [1.82, 2.24) is 9.88 Å². The van der Waals surface area contributed by atoms with Gasteiger partial charge in [-0.05, 0) is 49.9 Å². The summed E-state index contributed by atoms with van der Waals surface area (Å²) in [5.41, 5.74) is 0.610. The zero-order chi connectivity index (χ0) is 26.6. The maximum absolute atomic E-state index is 13.3. The predicted octanol–water partition coefficient (Wildman–Crippen LogP) is 4.12. The van der Waals surface area contributed by atoms with E-state index < -0.39 is 18.0 Å². The lowest BCUT2D eigenvalue weighted by molar-refractivity contribution is -0.159. The van der Waals surface area contributed by atoms with Gasteiger partial charge in [-0.25, -0.2) is 0 Å². The summed E-state index contributed by atoms with van der Waals surface area (Å²) in [5.74, 6) is -0.200. The van der Waals surface area contributed by atoms with Crippen LogP contribution < -0.4 is 10.3 Å². The number of esters is 2. The maximum atomic E-state index is 13.3. The highest BCUT2D eigenvalue weighted by Gasteiger charge is 2.28. The smallest absolute Gasteiger partial charge is 0.303 e. The molecular weight excluding hydrogens is 476 g/mol. The summed E-state index contributed by atoms with van der Waals surface area (Å²) in [4.78, 5) is 52.3. The number of rotatable bonds is 12. The molecule has 1 unspecified atom stereocenters. The number of amides is 1. The molecule has 1 aliphatic carbocycles. The Kier molecular flexibility index (Phi) is 11.0. The van der Waals surface area contributed by atoms with Crippen LogP contribution in [0, 0.1) is 0 Å². The number of H-pyrrole nitrogens is 1. The molecule has 0 saturated heterocycles. The molecule has 1 aliphatic rings. The largest absolute Gasteiger partial charge is 0.494 e. The van der Waals surface area contributed by atoms with Crippen LogP contribution in [0.25, 0.3) is 10.9 Å². The first-order chi connectivity index (χ1) is 17.8. The molecule has 3 rings (SSSR count). The fourth-order valence-electron chi connectivity index (χ4n) is 4.75. The van der Waals surface area contributed by atoms with E-state index in [1.54, 1.807) is 6.07 Å². The second kappa shape index (κ2) is 14.4. The first-order valence-electron chi connectivity index (χ1n) is 13.2. The molecule has 1 heterocycles. The fraction of sp³-hybridized carbons (Fsp3) is 0.571. The lowest BCUT2D eigenvalue weighted by atomic mass is 10.0. The van der Waals surface area contributed by atoms with Gasteiger partial charge in [-0.1, -0.05) is 25.7 Å². The van der Waals surface area contributed by atoms with Crippen LogP contribution in [-0.2, 0) is 23.9 Å². The highest BCUT2D eigenvalue weighted by atomic mass is 16.6. The zero-order valence-electron chi connectivity index (χ0n) is 21.8. The van der Waals surface area contributed by atoms with E-state index in [0.29, 0.717) is 31.6 Å². The summed E-state index contributed by atoms with van der Waals surface area (Å²) in [6, 6.07) is 8.83. The maximum Gasteiger partial charge on any atom is 0.303 e. The Labute approximate surface area is 217 Å². The predicted molar refractivity (Wildman–Crippen MR) is 139 cm³/mol. The van der Waals surface area contributed by atoms with Crippen molar-refractivity contribution in [3.8, 4) is 5.75 Å². The number of carbonyl (C=O) groups is 3. The van der Waals surface area contributed by atoms with Crippen molar-refractivity contribution >= 4 is 28.7 Å². The van der Waals surface area contributed by atoms with Crippen molar-refractivity contribution < 1.29 is 28.6 Å². The zero-order valence-corrected chi connectivity index (χ0v) is 21.8. The molecule has 1 aromatic carbocycles. The van der Waals surface area contributed by atoms with E-state index in [-0.39, 0.29) is 30.7 Å². The minimum absolute atomic E-state index is 0.0153. The molecule has 9 nitrogen and oxygen atoms in total. The standard InChI is InChI=1S/C28H38N2O7/c1-20(31)36-19-25(37-21(2)32)18-30(23-9-5-3-4-6-10-23)28(34)11-7-8-16-35-24-13-14-26-22(17-24)12-15-27(33)29-26/h12-15,17,23,25H,3-11,16,18-19H2,1-2H3,(H,29,33). The molecule has 0 radical (unpaired) electrons. The van der Waals surface area contributed by atoms with Gasteiger partial charge in [-0.3, -0.25) is 19.2 Å². The topological polar surface area (TPSA) is 115 Å². The molecule has 2 aromatic rings.